The topological polar surface area (TPSA) is 78.0 Å². The van der Waals surface area contributed by atoms with Gasteiger partial charge >= 0.3 is 0 Å². The second-order valence-electron chi connectivity index (χ2n) is 5.56. The molecule has 0 bridgehead atoms. The van der Waals surface area contributed by atoms with Crippen molar-refractivity contribution < 1.29 is 23.1 Å². The number of carbonyl (C=O) groups is 1. The van der Waals surface area contributed by atoms with Crippen LogP contribution in [0.4, 0.5) is 13.2 Å². The van der Waals surface area contributed by atoms with E-state index in [1.807, 2.05) is 0 Å². The summed E-state index contributed by atoms with van der Waals surface area (Å²) in [5.41, 5.74) is 1.30. The van der Waals surface area contributed by atoms with Gasteiger partial charge in [-0.05, 0) is 42.0 Å². The van der Waals surface area contributed by atoms with Gasteiger partial charge in [0.05, 0.1) is 23.6 Å². The van der Waals surface area contributed by atoms with Gasteiger partial charge in [0.25, 0.3) is 5.91 Å². The number of aromatic nitrogens is 2. The monoisotopic (exact) mass is 361 g/mol. The van der Waals surface area contributed by atoms with E-state index in [-0.39, 0.29) is 17.7 Å². The zero-order valence-electron chi connectivity index (χ0n) is 13.3. The van der Waals surface area contributed by atoms with Gasteiger partial charge in [0, 0.05) is 12.1 Å². The van der Waals surface area contributed by atoms with Crippen molar-refractivity contribution in [3.8, 4) is 11.3 Å². The molecule has 1 aromatic heterocycles. The van der Waals surface area contributed by atoms with Crippen molar-refractivity contribution in [2.24, 2.45) is 0 Å². The van der Waals surface area contributed by atoms with Gasteiger partial charge in [0.1, 0.15) is 5.82 Å². The molecule has 3 N–H and O–H groups in total. The molecule has 3 rings (SSSR count). The summed E-state index contributed by atoms with van der Waals surface area (Å²) >= 11 is 0. The highest BCUT2D eigenvalue weighted by atomic mass is 19.2. The van der Waals surface area contributed by atoms with Crippen LogP contribution in [0.25, 0.3) is 11.3 Å². The highest BCUT2D eigenvalue weighted by molar-refractivity contribution is 5.99. The van der Waals surface area contributed by atoms with E-state index in [1.165, 1.54) is 36.5 Å². The van der Waals surface area contributed by atoms with Crippen LogP contribution < -0.4 is 5.32 Å². The maximum atomic E-state index is 13.2. The zero-order chi connectivity index (χ0) is 18.7. The lowest BCUT2D eigenvalue weighted by molar-refractivity contribution is 0.0917. The number of halogens is 3. The molecular formula is C18H14F3N3O2. The minimum Gasteiger partial charge on any atom is -0.387 e. The third-order valence-corrected chi connectivity index (χ3v) is 3.80. The van der Waals surface area contributed by atoms with Gasteiger partial charge in [-0.1, -0.05) is 6.07 Å². The standard InChI is InChI=1S/C18H14F3N3O2/c19-12-4-1-10(2-5-12)17-13(8-23-24-17)18(26)22-9-16(25)11-3-6-14(20)15(21)7-11/h1-8,16,25H,9H2,(H,22,26)(H,23,24)/t16-/m1/s1. The first kappa shape index (κ1) is 17.7. The minimum atomic E-state index is -1.21. The molecule has 0 unspecified atom stereocenters. The first-order valence-corrected chi connectivity index (χ1v) is 7.66. The SMILES string of the molecule is O=C(NC[C@@H](O)c1ccc(F)c(F)c1)c1cn[nH]c1-c1ccc(F)cc1. The summed E-state index contributed by atoms with van der Waals surface area (Å²) in [6.07, 6.45) is 0.0908. The quantitative estimate of drug-likeness (QED) is 0.654. The molecule has 134 valence electrons. The Labute approximate surface area is 146 Å². The van der Waals surface area contributed by atoms with Crippen molar-refractivity contribution in [2.45, 2.75) is 6.10 Å². The van der Waals surface area contributed by atoms with E-state index in [1.54, 1.807) is 0 Å². The van der Waals surface area contributed by atoms with Gasteiger partial charge in [-0.25, -0.2) is 13.2 Å². The number of benzene rings is 2. The molecule has 0 saturated carbocycles. The summed E-state index contributed by atoms with van der Waals surface area (Å²) in [7, 11) is 0. The van der Waals surface area contributed by atoms with Crippen molar-refractivity contribution in [1.82, 2.24) is 15.5 Å². The van der Waals surface area contributed by atoms with Gasteiger partial charge in [0.2, 0.25) is 0 Å². The molecule has 0 spiro atoms. The smallest absolute Gasteiger partial charge is 0.255 e. The number of hydrogen-bond donors (Lipinski definition) is 3. The van der Waals surface area contributed by atoms with Crippen LogP contribution in [-0.2, 0) is 0 Å². The molecule has 1 amide bonds. The molecular weight excluding hydrogens is 347 g/mol. The van der Waals surface area contributed by atoms with Gasteiger partial charge in [-0.3, -0.25) is 9.89 Å². The number of carbonyl (C=O) groups excluding carboxylic acids is 1. The Morgan fingerprint density at radius 3 is 2.54 bits per heavy atom. The van der Waals surface area contributed by atoms with E-state index in [4.69, 9.17) is 0 Å². The van der Waals surface area contributed by atoms with E-state index in [0.717, 1.165) is 12.1 Å². The molecule has 26 heavy (non-hydrogen) atoms. The predicted octanol–water partition coefficient (Wildman–Crippen LogP) is 2.96. The van der Waals surface area contributed by atoms with Crippen LogP contribution >= 0.6 is 0 Å². The zero-order valence-corrected chi connectivity index (χ0v) is 13.3. The average molecular weight is 361 g/mol. The molecule has 0 aliphatic carbocycles. The first-order valence-electron chi connectivity index (χ1n) is 7.66. The number of rotatable bonds is 5. The minimum absolute atomic E-state index is 0.134. The number of aliphatic hydroxyl groups excluding tert-OH is 1. The predicted molar refractivity (Wildman–Crippen MR) is 87.6 cm³/mol. The lowest BCUT2D eigenvalue weighted by Crippen LogP contribution is -2.28. The van der Waals surface area contributed by atoms with E-state index < -0.39 is 29.5 Å². The van der Waals surface area contributed by atoms with Gasteiger partial charge in [-0.2, -0.15) is 5.10 Å². The average Bonchev–Trinajstić information content (AvgIpc) is 3.12. The Bertz CT molecular complexity index is 926. The summed E-state index contributed by atoms with van der Waals surface area (Å²) < 4.78 is 39.2. The number of nitrogens with zero attached hydrogens (tertiary/aromatic N) is 1. The molecule has 1 heterocycles. The molecule has 3 aromatic rings. The van der Waals surface area contributed by atoms with Crippen LogP contribution in [-0.4, -0.2) is 27.8 Å². The number of hydrogen-bond acceptors (Lipinski definition) is 3. The number of aliphatic hydroxyl groups is 1. The molecule has 1 atom stereocenters. The highest BCUT2D eigenvalue weighted by Gasteiger charge is 2.17. The first-order chi connectivity index (χ1) is 12.5. The number of nitrogens with one attached hydrogen (secondary N) is 2. The third kappa shape index (κ3) is 3.75. The molecule has 5 nitrogen and oxygen atoms in total. The normalized spacial score (nSPS) is 12.0. The molecule has 8 heteroatoms. The van der Waals surface area contributed by atoms with Gasteiger partial charge in [-0.15, -0.1) is 0 Å². The van der Waals surface area contributed by atoms with Crippen LogP contribution in [0.3, 0.4) is 0 Å². The Morgan fingerprint density at radius 1 is 1.12 bits per heavy atom. The van der Waals surface area contributed by atoms with Crippen LogP contribution in [0.5, 0.6) is 0 Å². The van der Waals surface area contributed by atoms with E-state index in [0.29, 0.717) is 11.3 Å². The molecule has 0 aliphatic heterocycles. The fraction of sp³-hybridized carbons (Fsp3) is 0.111. The molecule has 0 saturated heterocycles. The molecule has 0 aliphatic rings. The molecule has 0 radical (unpaired) electrons. The van der Waals surface area contributed by atoms with Crippen molar-refractivity contribution >= 4 is 5.91 Å². The van der Waals surface area contributed by atoms with Crippen LogP contribution in [0.15, 0.2) is 48.7 Å². The largest absolute Gasteiger partial charge is 0.387 e. The van der Waals surface area contributed by atoms with Crippen molar-refractivity contribution in [3.05, 3.63) is 77.2 Å². The van der Waals surface area contributed by atoms with Gasteiger partial charge < -0.3 is 10.4 Å². The third-order valence-electron chi connectivity index (χ3n) is 3.80. The van der Waals surface area contributed by atoms with Crippen molar-refractivity contribution in [2.75, 3.05) is 6.54 Å². The van der Waals surface area contributed by atoms with E-state index in [2.05, 4.69) is 15.5 Å². The van der Waals surface area contributed by atoms with Crippen molar-refractivity contribution in [3.63, 3.8) is 0 Å². The maximum Gasteiger partial charge on any atom is 0.255 e. The maximum absolute atomic E-state index is 13.2. The summed E-state index contributed by atoms with van der Waals surface area (Å²) in [5.74, 6) is -3.04. The summed E-state index contributed by atoms with van der Waals surface area (Å²) in [6.45, 7) is -0.210. The summed E-state index contributed by atoms with van der Waals surface area (Å²) in [6, 6.07) is 8.50. The lowest BCUT2D eigenvalue weighted by atomic mass is 10.1. The molecule has 0 fully saturated rings. The number of aromatic amines is 1. The van der Waals surface area contributed by atoms with Crippen molar-refractivity contribution in [1.29, 1.82) is 0 Å². The highest BCUT2D eigenvalue weighted by Crippen LogP contribution is 2.22. The Kier molecular flexibility index (Phi) is 5.04. The van der Waals surface area contributed by atoms with E-state index >= 15 is 0 Å². The summed E-state index contributed by atoms with van der Waals surface area (Å²) in [4.78, 5) is 12.3. The Hall–Kier alpha value is -3.13. The Balaban J connectivity index is 1.70. The van der Waals surface area contributed by atoms with Crippen LogP contribution in [0, 0.1) is 17.5 Å². The summed E-state index contributed by atoms with van der Waals surface area (Å²) in [5, 5.41) is 19.0. The molecule has 2 aromatic carbocycles. The number of H-pyrrole nitrogens is 1. The fourth-order valence-corrected chi connectivity index (χ4v) is 2.42. The second kappa shape index (κ2) is 7.40. The number of amides is 1. The van der Waals surface area contributed by atoms with E-state index in [9.17, 15) is 23.1 Å². The van der Waals surface area contributed by atoms with Crippen LogP contribution in [0.1, 0.15) is 22.0 Å². The lowest BCUT2D eigenvalue weighted by Gasteiger charge is -2.12. The fourth-order valence-electron chi connectivity index (χ4n) is 2.42. The second-order valence-corrected chi connectivity index (χ2v) is 5.56. The van der Waals surface area contributed by atoms with Crippen LogP contribution in [0.2, 0.25) is 0 Å². The Morgan fingerprint density at radius 2 is 1.85 bits per heavy atom. The van der Waals surface area contributed by atoms with Gasteiger partial charge in [0.15, 0.2) is 11.6 Å².